The van der Waals surface area contributed by atoms with Crippen LogP contribution in [0.1, 0.15) is 16.8 Å². The van der Waals surface area contributed by atoms with Crippen LogP contribution in [0.25, 0.3) is 11.3 Å². The fourth-order valence-corrected chi connectivity index (χ4v) is 5.47. The Bertz CT molecular complexity index is 1200. The number of rotatable bonds is 4. The number of carbonyl (C=O) groups excluding carboxylic acids is 1. The minimum atomic E-state index is -3.32. The Morgan fingerprint density at radius 3 is 2.79 bits per heavy atom. The van der Waals surface area contributed by atoms with E-state index in [1.54, 1.807) is 35.7 Å². The van der Waals surface area contributed by atoms with Crippen LogP contribution in [0.4, 0.5) is 15.2 Å². The van der Waals surface area contributed by atoms with Crippen molar-refractivity contribution < 1.29 is 17.6 Å². The lowest BCUT2D eigenvalue weighted by atomic mass is 10.2. The Balaban J connectivity index is 1.52. The average Bonchev–Trinajstić information content (AvgIpc) is 3.30. The first-order valence-corrected chi connectivity index (χ1v) is 11.5. The number of aromatic nitrogens is 1. The third-order valence-electron chi connectivity index (χ3n) is 4.44. The van der Waals surface area contributed by atoms with Crippen molar-refractivity contribution in [2.45, 2.75) is 6.42 Å². The van der Waals surface area contributed by atoms with Crippen LogP contribution in [0.2, 0.25) is 5.02 Å². The van der Waals surface area contributed by atoms with E-state index in [0.717, 1.165) is 0 Å². The van der Waals surface area contributed by atoms with E-state index >= 15 is 0 Å². The van der Waals surface area contributed by atoms with Gasteiger partial charge in [0.05, 0.1) is 22.2 Å². The van der Waals surface area contributed by atoms with Gasteiger partial charge in [0.15, 0.2) is 5.13 Å². The summed E-state index contributed by atoms with van der Waals surface area (Å²) in [6.45, 7) is 0.406. The number of nitrogens with zero attached hydrogens (tertiary/aromatic N) is 2. The topological polar surface area (TPSA) is 79.4 Å². The van der Waals surface area contributed by atoms with Crippen molar-refractivity contribution in [3.63, 3.8) is 0 Å². The Morgan fingerprint density at radius 1 is 1.24 bits per heavy atom. The van der Waals surface area contributed by atoms with Gasteiger partial charge in [-0.1, -0.05) is 17.7 Å². The van der Waals surface area contributed by atoms with E-state index in [9.17, 15) is 17.6 Å². The number of anilines is 2. The summed E-state index contributed by atoms with van der Waals surface area (Å²) in [4.78, 5) is 16.9. The Labute approximate surface area is 176 Å². The second-order valence-electron chi connectivity index (χ2n) is 6.41. The molecule has 1 aliphatic heterocycles. The lowest BCUT2D eigenvalue weighted by Gasteiger charge is -2.17. The largest absolute Gasteiger partial charge is 0.298 e. The van der Waals surface area contributed by atoms with Crippen molar-refractivity contribution in [3.05, 3.63) is 64.2 Å². The molecule has 0 spiro atoms. The SMILES string of the molecule is O=C(Nc1nc(-c2ccc(F)c(Cl)c2)cs1)c1cccc(N2CCCS2(=O)=O)c1. The van der Waals surface area contributed by atoms with Crippen LogP contribution in [0.5, 0.6) is 0 Å². The van der Waals surface area contributed by atoms with Crippen LogP contribution in [0, 0.1) is 5.82 Å². The predicted octanol–water partition coefficient (Wildman–Crippen LogP) is 4.39. The lowest BCUT2D eigenvalue weighted by molar-refractivity contribution is 0.102. The molecule has 0 radical (unpaired) electrons. The van der Waals surface area contributed by atoms with Crippen LogP contribution >= 0.6 is 22.9 Å². The summed E-state index contributed by atoms with van der Waals surface area (Å²) in [7, 11) is -3.32. The molecule has 2 aromatic carbocycles. The van der Waals surface area contributed by atoms with E-state index in [4.69, 9.17) is 11.6 Å². The standard InChI is InChI=1S/C19H15ClFN3O3S2/c20-15-10-12(5-6-16(15)21)17-11-28-19(22-17)23-18(25)13-3-1-4-14(9-13)24-7-2-8-29(24,26)27/h1,3-6,9-11H,2,7-8H2,(H,22,23,25). The van der Waals surface area contributed by atoms with Gasteiger partial charge in [-0.25, -0.2) is 17.8 Å². The fourth-order valence-electron chi connectivity index (χ4n) is 3.02. The smallest absolute Gasteiger partial charge is 0.257 e. The second kappa shape index (κ2) is 7.74. The average molecular weight is 452 g/mol. The normalized spacial score (nSPS) is 15.4. The monoisotopic (exact) mass is 451 g/mol. The highest BCUT2D eigenvalue weighted by molar-refractivity contribution is 7.93. The molecule has 0 bridgehead atoms. The number of nitrogens with one attached hydrogen (secondary N) is 1. The maximum absolute atomic E-state index is 13.3. The molecule has 0 saturated carbocycles. The van der Waals surface area contributed by atoms with Crippen molar-refractivity contribution in [1.82, 2.24) is 4.98 Å². The van der Waals surface area contributed by atoms with Gasteiger partial charge >= 0.3 is 0 Å². The number of halogens is 2. The molecule has 1 amide bonds. The fraction of sp³-hybridized carbons (Fsp3) is 0.158. The third kappa shape index (κ3) is 4.12. The van der Waals surface area contributed by atoms with Crippen molar-refractivity contribution in [1.29, 1.82) is 0 Å². The molecule has 29 heavy (non-hydrogen) atoms. The summed E-state index contributed by atoms with van der Waals surface area (Å²) in [5.74, 6) is -0.806. The van der Waals surface area contributed by atoms with Gasteiger partial charge < -0.3 is 0 Å². The molecule has 10 heteroatoms. The molecule has 0 aliphatic carbocycles. The summed E-state index contributed by atoms with van der Waals surface area (Å²) >= 11 is 7.03. The number of carbonyl (C=O) groups is 1. The number of thiazole rings is 1. The van der Waals surface area contributed by atoms with Gasteiger partial charge in [0.2, 0.25) is 10.0 Å². The van der Waals surface area contributed by atoms with E-state index in [-0.39, 0.29) is 10.8 Å². The van der Waals surface area contributed by atoms with Gasteiger partial charge in [-0.05, 0) is 42.8 Å². The number of benzene rings is 2. The molecule has 1 aliphatic rings. The predicted molar refractivity (Wildman–Crippen MR) is 113 cm³/mol. The zero-order chi connectivity index (χ0) is 20.6. The minimum absolute atomic E-state index is 0.00485. The summed E-state index contributed by atoms with van der Waals surface area (Å²) in [6, 6.07) is 10.8. The van der Waals surface area contributed by atoms with Gasteiger partial charge in [0.25, 0.3) is 5.91 Å². The van der Waals surface area contributed by atoms with Crippen LogP contribution in [0.15, 0.2) is 47.8 Å². The zero-order valence-electron chi connectivity index (χ0n) is 14.9. The molecule has 1 saturated heterocycles. The van der Waals surface area contributed by atoms with Crippen molar-refractivity contribution in [2.24, 2.45) is 0 Å². The Morgan fingerprint density at radius 2 is 2.07 bits per heavy atom. The summed E-state index contributed by atoms with van der Waals surface area (Å²) < 4.78 is 38.8. The lowest BCUT2D eigenvalue weighted by Crippen LogP contribution is -2.25. The van der Waals surface area contributed by atoms with E-state index < -0.39 is 21.7 Å². The summed E-state index contributed by atoms with van der Waals surface area (Å²) in [5.41, 5.74) is 1.99. The van der Waals surface area contributed by atoms with Crippen LogP contribution in [0.3, 0.4) is 0 Å². The molecule has 1 aromatic heterocycles. The number of hydrogen-bond acceptors (Lipinski definition) is 5. The first-order chi connectivity index (χ1) is 13.8. The Kier molecular flexibility index (Phi) is 5.28. The van der Waals surface area contributed by atoms with Crippen molar-refractivity contribution >= 4 is 49.7 Å². The molecular weight excluding hydrogens is 437 g/mol. The van der Waals surface area contributed by atoms with Crippen LogP contribution in [-0.2, 0) is 10.0 Å². The third-order valence-corrected chi connectivity index (χ3v) is 7.35. The maximum Gasteiger partial charge on any atom is 0.257 e. The van der Waals surface area contributed by atoms with E-state index in [1.807, 2.05) is 0 Å². The van der Waals surface area contributed by atoms with Gasteiger partial charge in [0.1, 0.15) is 5.82 Å². The minimum Gasteiger partial charge on any atom is -0.298 e. The summed E-state index contributed by atoms with van der Waals surface area (Å²) in [5, 5.41) is 4.80. The van der Waals surface area contributed by atoms with Crippen molar-refractivity contribution in [3.8, 4) is 11.3 Å². The van der Waals surface area contributed by atoms with Gasteiger partial charge in [-0.2, -0.15) is 0 Å². The molecule has 3 aromatic rings. The van der Waals surface area contributed by atoms with Gasteiger partial charge in [-0.3, -0.25) is 14.4 Å². The molecule has 0 unspecified atom stereocenters. The van der Waals surface area contributed by atoms with Crippen LogP contribution in [-0.4, -0.2) is 31.6 Å². The number of amides is 1. The molecule has 150 valence electrons. The molecule has 0 atom stereocenters. The molecule has 1 N–H and O–H groups in total. The molecule has 6 nitrogen and oxygen atoms in total. The molecule has 1 fully saturated rings. The van der Waals surface area contributed by atoms with Gasteiger partial charge in [-0.15, -0.1) is 11.3 Å². The number of sulfonamides is 1. The van der Waals surface area contributed by atoms with E-state index in [0.29, 0.717) is 40.6 Å². The first kappa shape index (κ1) is 19.8. The molecule has 4 rings (SSSR count). The number of hydrogen-bond donors (Lipinski definition) is 1. The quantitative estimate of drug-likeness (QED) is 0.637. The highest BCUT2D eigenvalue weighted by Crippen LogP contribution is 2.29. The second-order valence-corrected chi connectivity index (χ2v) is 9.69. The highest BCUT2D eigenvalue weighted by atomic mass is 35.5. The van der Waals surface area contributed by atoms with Crippen molar-refractivity contribution in [2.75, 3.05) is 21.9 Å². The Hall–Kier alpha value is -2.49. The summed E-state index contributed by atoms with van der Waals surface area (Å²) in [6.07, 6.45) is 0.564. The first-order valence-electron chi connectivity index (χ1n) is 8.66. The van der Waals surface area contributed by atoms with Gasteiger partial charge in [0, 0.05) is 23.1 Å². The van der Waals surface area contributed by atoms with Crippen LogP contribution < -0.4 is 9.62 Å². The zero-order valence-corrected chi connectivity index (χ0v) is 17.3. The molecular formula is C19H15ClFN3O3S2. The molecule has 2 heterocycles. The maximum atomic E-state index is 13.3. The highest BCUT2D eigenvalue weighted by Gasteiger charge is 2.28. The van der Waals surface area contributed by atoms with E-state index in [2.05, 4.69) is 10.3 Å². The van der Waals surface area contributed by atoms with E-state index in [1.165, 1.54) is 27.8 Å².